The van der Waals surface area contributed by atoms with Gasteiger partial charge in [0, 0.05) is 12.1 Å². The molecule has 0 heterocycles. The molecule has 0 radical (unpaired) electrons. The Hall–Kier alpha value is -0.830. The Balaban J connectivity index is 3.99. The largest absolute Gasteiger partial charge is 0.478 e. The molecule has 0 aromatic rings. The van der Waals surface area contributed by atoms with Crippen LogP contribution in [-0.2, 0) is 4.79 Å². The molecule has 0 amide bonds. The number of carboxylic acid groups (broad SMARTS) is 1. The van der Waals surface area contributed by atoms with Crippen molar-refractivity contribution in [3.63, 3.8) is 0 Å². The molecule has 0 atom stereocenters. The van der Waals surface area contributed by atoms with Gasteiger partial charge in [-0.2, -0.15) is 0 Å². The van der Waals surface area contributed by atoms with Crippen LogP contribution in [0.4, 0.5) is 0 Å². The second kappa shape index (κ2) is 12.2. The fourth-order valence-electron chi connectivity index (χ4n) is 2.13. The van der Waals surface area contributed by atoms with Crippen LogP contribution < -0.4 is 0 Å². The average Bonchev–Trinajstić information content (AvgIpc) is 2.38. The molecule has 0 rings (SSSR count). The van der Waals surface area contributed by atoms with E-state index in [2.05, 4.69) is 25.3 Å². The van der Waals surface area contributed by atoms with Gasteiger partial charge in [0.25, 0.3) is 0 Å². The van der Waals surface area contributed by atoms with Gasteiger partial charge in [-0.3, -0.25) is 4.90 Å². The minimum absolute atomic E-state index is 0.311. The molecule has 3 heteroatoms. The molecule has 0 fully saturated rings. The van der Waals surface area contributed by atoms with E-state index in [0.29, 0.717) is 12.1 Å². The predicted molar refractivity (Wildman–Crippen MR) is 81.5 cm³/mol. The number of rotatable bonds is 13. The molecule has 19 heavy (non-hydrogen) atoms. The lowest BCUT2D eigenvalue weighted by atomic mass is 10.1. The molecular weight excluding hydrogens is 238 g/mol. The van der Waals surface area contributed by atoms with Gasteiger partial charge in [-0.05, 0) is 25.9 Å². The Kier molecular flexibility index (Phi) is 11.7. The van der Waals surface area contributed by atoms with Crippen molar-refractivity contribution in [3.05, 3.63) is 12.2 Å². The van der Waals surface area contributed by atoms with Crippen molar-refractivity contribution in [3.8, 4) is 0 Å². The van der Waals surface area contributed by atoms with Gasteiger partial charge >= 0.3 is 5.97 Å². The third kappa shape index (κ3) is 10.8. The average molecular weight is 269 g/mol. The van der Waals surface area contributed by atoms with E-state index >= 15 is 0 Å². The van der Waals surface area contributed by atoms with Crippen molar-refractivity contribution in [2.24, 2.45) is 0 Å². The van der Waals surface area contributed by atoms with Gasteiger partial charge in [0.05, 0.1) is 0 Å². The monoisotopic (exact) mass is 269 g/mol. The zero-order chi connectivity index (χ0) is 14.5. The lowest BCUT2D eigenvalue weighted by Gasteiger charge is -2.22. The summed E-state index contributed by atoms with van der Waals surface area (Å²) in [6.07, 6.45) is 9.80. The Morgan fingerprint density at radius 1 is 0.947 bits per heavy atom. The molecule has 1 N–H and O–H groups in total. The van der Waals surface area contributed by atoms with Crippen LogP contribution in [-0.4, -0.2) is 35.6 Å². The van der Waals surface area contributed by atoms with Gasteiger partial charge in [-0.15, -0.1) is 0 Å². The van der Waals surface area contributed by atoms with E-state index in [0.717, 1.165) is 25.9 Å². The van der Waals surface area contributed by atoms with Crippen LogP contribution in [0.2, 0.25) is 0 Å². The van der Waals surface area contributed by atoms with Gasteiger partial charge in [0.2, 0.25) is 0 Å². The fourth-order valence-corrected chi connectivity index (χ4v) is 2.13. The molecule has 0 aliphatic rings. The maximum Gasteiger partial charge on any atom is 0.332 e. The molecule has 0 unspecified atom stereocenters. The molecule has 0 aliphatic heterocycles. The number of carboxylic acids is 1. The third-order valence-electron chi connectivity index (χ3n) is 3.37. The van der Waals surface area contributed by atoms with Crippen molar-refractivity contribution < 1.29 is 9.90 Å². The highest BCUT2D eigenvalue weighted by atomic mass is 16.4. The molecule has 112 valence electrons. The molecule has 0 saturated carbocycles. The number of carbonyl (C=O) groups is 1. The minimum Gasteiger partial charge on any atom is -0.478 e. The van der Waals surface area contributed by atoms with E-state index in [-0.39, 0.29) is 0 Å². The molecule has 3 nitrogen and oxygen atoms in total. The Morgan fingerprint density at radius 2 is 1.42 bits per heavy atom. The number of hydrogen-bond acceptors (Lipinski definition) is 2. The van der Waals surface area contributed by atoms with Crippen molar-refractivity contribution in [1.29, 1.82) is 0 Å². The second-order valence-electron chi connectivity index (χ2n) is 5.31. The van der Waals surface area contributed by atoms with E-state index in [1.165, 1.54) is 38.5 Å². The Morgan fingerprint density at radius 3 is 1.79 bits per heavy atom. The summed E-state index contributed by atoms with van der Waals surface area (Å²) in [6.45, 7) is 10.6. The maximum absolute atomic E-state index is 10.9. The highest BCUT2D eigenvalue weighted by Gasteiger charge is 2.10. The molecule has 0 aromatic heterocycles. The van der Waals surface area contributed by atoms with Crippen LogP contribution in [0.5, 0.6) is 0 Å². The fraction of sp³-hybridized carbons (Fsp3) is 0.812. The Labute approximate surface area is 118 Å². The highest BCUT2D eigenvalue weighted by molar-refractivity contribution is 5.86. The highest BCUT2D eigenvalue weighted by Crippen LogP contribution is 2.07. The molecule has 0 saturated heterocycles. The first-order valence-corrected chi connectivity index (χ1v) is 7.75. The Bertz CT molecular complexity index is 239. The summed E-state index contributed by atoms with van der Waals surface area (Å²) in [6, 6.07) is 0. The van der Waals surface area contributed by atoms with Crippen LogP contribution >= 0.6 is 0 Å². The summed E-state index contributed by atoms with van der Waals surface area (Å²) in [4.78, 5) is 13.1. The van der Waals surface area contributed by atoms with Crippen LogP contribution in [0.1, 0.15) is 65.2 Å². The van der Waals surface area contributed by atoms with Crippen molar-refractivity contribution in [2.45, 2.75) is 65.2 Å². The zero-order valence-corrected chi connectivity index (χ0v) is 12.8. The van der Waals surface area contributed by atoms with E-state index < -0.39 is 5.97 Å². The summed E-state index contributed by atoms with van der Waals surface area (Å²) in [5.41, 5.74) is 0.311. The van der Waals surface area contributed by atoms with Crippen LogP contribution in [0.25, 0.3) is 0 Å². The van der Waals surface area contributed by atoms with E-state index in [4.69, 9.17) is 5.11 Å². The third-order valence-corrected chi connectivity index (χ3v) is 3.37. The summed E-state index contributed by atoms with van der Waals surface area (Å²) in [5, 5.41) is 8.92. The lowest BCUT2D eigenvalue weighted by molar-refractivity contribution is -0.132. The topological polar surface area (TPSA) is 40.5 Å². The van der Waals surface area contributed by atoms with Crippen molar-refractivity contribution in [2.75, 3.05) is 19.6 Å². The summed E-state index contributed by atoms with van der Waals surface area (Å²) in [5.74, 6) is -0.868. The molecule has 0 bridgehead atoms. The zero-order valence-electron chi connectivity index (χ0n) is 12.8. The van der Waals surface area contributed by atoms with Gasteiger partial charge in [-0.1, -0.05) is 59.0 Å². The first-order chi connectivity index (χ1) is 9.11. The first-order valence-electron chi connectivity index (χ1n) is 7.75. The molecular formula is C16H31NO2. The normalized spacial score (nSPS) is 10.9. The number of aliphatic carboxylic acids is 1. The van der Waals surface area contributed by atoms with Crippen LogP contribution in [0.15, 0.2) is 12.2 Å². The summed E-state index contributed by atoms with van der Waals surface area (Å²) >= 11 is 0. The lowest BCUT2D eigenvalue weighted by Crippen LogP contribution is -2.30. The SMILES string of the molecule is C=C(CN(CCCCCC)CCCCCC)C(=O)O. The van der Waals surface area contributed by atoms with Gasteiger partial charge in [0.15, 0.2) is 0 Å². The van der Waals surface area contributed by atoms with Crippen LogP contribution in [0.3, 0.4) is 0 Å². The summed E-state index contributed by atoms with van der Waals surface area (Å²) in [7, 11) is 0. The molecule has 0 aliphatic carbocycles. The van der Waals surface area contributed by atoms with E-state index in [1.54, 1.807) is 0 Å². The van der Waals surface area contributed by atoms with Crippen molar-refractivity contribution in [1.82, 2.24) is 4.90 Å². The van der Waals surface area contributed by atoms with Crippen molar-refractivity contribution >= 4 is 5.97 Å². The van der Waals surface area contributed by atoms with E-state index in [1.807, 2.05) is 0 Å². The van der Waals surface area contributed by atoms with Gasteiger partial charge < -0.3 is 5.11 Å². The van der Waals surface area contributed by atoms with E-state index in [9.17, 15) is 4.79 Å². The maximum atomic E-state index is 10.9. The van der Waals surface area contributed by atoms with Gasteiger partial charge in [-0.25, -0.2) is 4.79 Å². The quantitative estimate of drug-likeness (QED) is 0.404. The number of hydrogen-bond donors (Lipinski definition) is 1. The summed E-state index contributed by atoms with van der Waals surface area (Å²) < 4.78 is 0. The molecule has 0 spiro atoms. The number of nitrogens with zero attached hydrogens (tertiary/aromatic N) is 1. The van der Waals surface area contributed by atoms with Gasteiger partial charge in [0.1, 0.15) is 0 Å². The second-order valence-corrected chi connectivity index (χ2v) is 5.31. The standard InChI is InChI=1S/C16H31NO2/c1-4-6-8-10-12-17(13-11-9-7-5-2)14-15(3)16(18)19/h3-14H2,1-2H3,(H,18,19). The minimum atomic E-state index is -0.868. The predicted octanol–water partition coefficient (Wildman–Crippen LogP) is 4.09. The van der Waals surface area contributed by atoms with Crippen LogP contribution in [0, 0.1) is 0 Å². The molecule has 0 aromatic carbocycles. The first kappa shape index (κ1) is 18.2. The number of unbranched alkanes of at least 4 members (excludes halogenated alkanes) is 6. The smallest absolute Gasteiger partial charge is 0.332 e.